The lowest BCUT2D eigenvalue weighted by molar-refractivity contribution is -0.139. The number of unbranched alkanes of at least 4 members (excludes halogenated alkanes) is 1. The van der Waals surface area contributed by atoms with Crippen molar-refractivity contribution in [3.63, 3.8) is 0 Å². The number of nitrogens with zero attached hydrogens (tertiary/aromatic N) is 2. The molecule has 0 bridgehead atoms. The molecule has 0 saturated carbocycles. The maximum absolute atomic E-state index is 12.5. The van der Waals surface area contributed by atoms with Crippen LogP contribution in [0.25, 0.3) is 0 Å². The van der Waals surface area contributed by atoms with Crippen LogP contribution in [0, 0.1) is 13.8 Å². The van der Waals surface area contributed by atoms with E-state index in [0.717, 1.165) is 6.42 Å². The molecule has 0 radical (unpaired) electrons. The van der Waals surface area contributed by atoms with E-state index in [9.17, 15) is 13.2 Å². The molecule has 0 unspecified atom stereocenters. The summed E-state index contributed by atoms with van der Waals surface area (Å²) in [5, 5.41) is 13.3. The van der Waals surface area contributed by atoms with E-state index in [-0.39, 0.29) is 11.3 Å². The smallest absolute Gasteiger partial charge is 0.321 e. The van der Waals surface area contributed by atoms with Crippen LogP contribution in [-0.2, 0) is 21.4 Å². The minimum Gasteiger partial charge on any atom is -0.480 e. The topological polar surface area (TPSA) is 101 Å². The molecule has 120 valence electrons. The van der Waals surface area contributed by atoms with Crippen molar-refractivity contribution in [2.24, 2.45) is 0 Å². The van der Waals surface area contributed by atoms with E-state index < -0.39 is 22.0 Å². The van der Waals surface area contributed by atoms with Crippen LogP contribution >= 0.6 is 0 Å². The molecule has 0 amide bonds. The molecule has 21 heavy (non-hydrogen) atoms. The van der Waals surface area contributed by atoms with Crippen LogP contribution in [0.4, 0.5) is 0 Å². The first-order valence-corrected chi connectivity index (χ1v) is 8.52. The molecule has 7 nitrogen and oxygen atoms in total. The zero-order valence-electron chi connectivity index (χ0n) is 12.9. The Morgan fingerprint density at radius 3 is 2.43 bits per heavy atom. The summed E-state index contributed by atoms with van der Waals surface area (Å²) in [6, 6.07) is -1.11. The number of aryl methyl sites for hydroxylation is 2. The molecular weight excluding hydrogens is 294 g/mol. The third-order valence-electron chi connectivity index (χ3n) is 3.33. The molecule has 0 aliphatic carbocycles. The number of rotatable bonds is 8. The van der Waals surface area contributed by atoms with Gasteiger partial charge in [-0.25, -0.2) is 8.42 Å². The standard InChI is InChI=1S/C13H23N3O4S/c1-5-7-8-11(13(17)18)15-21(19,20)12-9(3)14-16(6-2)10(12)4/h11,15H,5-8H2,1-4H3,(H,17,18)/t11-/m0/s1. The second-order valence-corrected chi connectivity index (χ2v) is 6.62. The lowest BCUT2D eigenvalue weighted by Gasteiger charge is -2.14. The number of aromatic nitrogens is 2. The van der Waals surface area contributed by atoms with Crippen molar-refractivity contribution in [3.05, 3.63) is 11.4 Å². The summed E-state index contributed by atoms with van der Waals surface area (Å²) in [6.45, 7) is 7.62. The van der Waals surface area contributed by atoms with Crippen molar-refractivity contribution in [3.8, 4) is 0 Å². The Kier molecular flexibility index (Phi) is 5.91. The van der Waals surface area contributed by atoms with Gasteiger partial charge in [0.2, 0.25) is 10.0 Å². The normalized spacial score (nSPS) is 13.3. The van der Waals surface area contributed by atoms with Gasteiger partial charge in [0.25, 0.3) is 0 Å². The molecule has 1 aromatic heterocycles. The number of sulfonamides is 1. The SMILES string of the molecule is CCCC[C@H](NS(=O)(=O)c1c(C)nn(CC)c1C)C(=O)O. The quantitative estimate of drug-likeness (QED) is 0.755. The highest BCUT2D eigenvalue weighted by Gasteiger charge is 2.29. The molecular formula is C13H23N3O4S. The van der Waals surface area contributed by atoms with Crippen molar-refractivity contribution in [1.82, 2.24) is 14.5 Å². The zero-order chi connectivity index (χ0) is 16.2. The molecule has 8 heteroatoms. The van der Waals surface area contributed by atoms with Gasteiger partial charge in [0.05, 0.1) is 11.4 Å². The number of carboxylic acids is 1. The first-order chi connectivity index (χ1) is 9.74. The number of carbonyl (C=O) groups is 1. The maximum atomic E-state index is 12.5. The summed E-state index contributed by atoms with van der Waals surface area (Å²) in [5.74, 6) is -1.16. The van der Waals surface area contributed by atoms with Gasteiger partial charge in [-0.3, -0.25) is 9.48 Å². The largest absolute Gasteiger partial charge is 0.480 e. The summed E-state index contributed by atoms with van der Waals surface area (Å²) in [6.07, 6.45) is 1.72. The van der Waals surface area contributed by atoms with Gasteiger partial charge < -0.3 is 5.11 Å². The van der Waals surface area contributed by atoms with Gasteiger partial charge in [-0.2, -0.15) is 9.82 Å². The highest BCUT2D eigenvalue weighted by atomic mass is 32.2. The second-order valence-electron chi connectivity index (χ2n) is 4.97. The van der Waals surface area contributed by atoms with Gasteiger partial charge in [0.1, 0.15) is 10.9 Å². The Bertz CT molecular complexity index is 607. The molecule has 1 atom stereocenters. The number of hydrogen-bond donors (Lipinski definition) is 2. The summed E-state index contributed by atoms with van der Waals surface area (Å²) >= 11 is 0. The first kappa shape index (κ1) is 17.6. The van der Waals surface area contributed by atoms with E-state index in [4.69, 9.17) is 5.11 Å². The Labute approximate surface area is 125 Å². The van der Waals surface area contributed by atoms with E-state index in [0.29, 0.717) is 24.4 Å². The lowest BCUT2D eigenvalue weighted by atomic mass is 10.1. The molecule has 1 rings (SSSR count). The van der Waals surface area contributed by atoms with E-state index in [1.54, 1.807) is 18.5 Å². The Hall–Kier alpha value is -1.41. The van der Waals surface area contributed by atoms with Gasteiger partial charge in [-0.1, -0.05) is 19.8 Å². The Morgan fingerprint density at radius 2 is 2.00 bits per heavy atom. The van der Waals surface area contributed by atoms with Crippen LogP contribution in [0.5, 0.6) is 0 Å². The molecule has 0 aromatic carbocycles. The van der Waals surface area contributed by atoms with Crippen LogP contribution in [0.3, 0.4) is 0 Å². The predicted octanol–water partition coefficient (Wildman–Crippen LogP) is 1.44. The van der Waals surface area contributed by atoms with E-state index in [1.807, 2.05) is 13.8 Å². The van der Waals surface area contributed by atoms with Crippen molar-refractivity contribution < 1.29 is 18.3 Å². The number of hydrogen-bond acceptors (Lipinski definition) is 4. The summed E-state index contributed by atoms with van der Waals surface area (Å²) < 4.78 is 28.8. The van der Waals surface area contributed by atoms with Crippen molar-refractivity contribution in [2.45, 2.75) is 64.4 Å². The van der Waals surface area contributed by atoms with Crippen LogP contribution in [0.2, 0.25) is 0 Å². The summed E-state index contributed by atoms with van der Waals surface area (Å²) in [4.78, 5) is 11.3. The second kappa shape index (κ2) is 7.04. The number of aliphatic carboxylic acids is 1. The van der Waals surface area contributed by atoms with Gasteiger partial charge >= 0.3 is 5.97 Å². The Balaban J connectivity index is 3.10. The van der Waals surface area contributed by atoms with E-state index in [2.05, 4.69) is 9.82 Å². The third kappa shape index (κ3) is 4.04. The fourth-order valence-corrected chi connectivity index (χ4v) is 3.90. The minimum absolute atomic E-state index is 0.0760. The fraction of sp³-hybridized carbons (Fsp3) is 0.692. The van der Waals surface area contributed by atoms with Gasteiger partial charge in [0.15, 0.2) is 0 Å². The average Bonchev–Trinajstić information content (AvgIpc) is 2.69. The van der Waals surface area contributed by atoms with Gasteiger partial charge in [-0.15, -0.1) is 0 Å². The number of nitrogens with one attached hydrogen (secondary N) is 1. The van der Waals surface area contributed by atoms with Crippen molar-refractivity contribution >= 4 is 16.0 Å². The summed E-state index contributed by atoms with van der Waals surface area (Å²) in [5.41, 5.74) is 0.892. The lowest BCUT2D eigenvalue weighted by Crippen LogP contribution is -2.41. The molecule has 1 aromatic rings. The first-order valence-electron chi connectivity index (χ1n) is 7.03. The molecule has 0 aliphatic heterocycles. The zero-order valence-corrected chi connectivity index (χ0v) is 13.7. The van der Waals surface area contributed by atoms with E-state index >= 15 is 0 Å². The third-order valence-corrected chi connectivity index (χ3v) is 5.05. The predicted molar refractivity (Wildman–Crippen MR) is 78.6 cm³/mol. The average molecular weight is 317 g/mol. The van der Waals surface area contributed by atoms with Crippen molar-refractivity contribution in [1.29, 1.82) is 0 Å². The Morgan fingerprint density at radius 1 is 1.38 bits per heavy atom. The fourth-order valence-electron chi connectivity index (χ4n) is 2.26. The van der Waals surface area contributed by atoms with Crippen LogP contribution in [-0.4, -0.2) is 35.3 Å². The number of carboxylic acid groups (broad SMARTS) is 1. The minimum atomic E-state index is -3.90. The van der Waals surface area contributed by atoms with Crippen LogP contribution in [0.15, 0.2) is 4.90 Å². The van der Waals surface area contributed by atoms with Crippen LogP contribution < -0.4 is 4.72 Å². The maximum Gasteiger partial charge on any atom is 0.321 e. The molecule has 1 heterocycles. The van der Waals surface area contributed by atoms with E-state index in [1.165, 1.54) is 0 Å². The molecule has 0 aliphatic rings. The molecule has 0 spiro atoms. The highest BCUT2D eigenvalue weighted by Crippen LogP contribution is 2.20. The van der Waals surface area contributed by atoms with Gasteiger partial charge in [-0.05, 0) is 27.2 Å². The monoisotopic (exact) mass is 317 g/mol. The van der Waals surface area contributed by atoms with Crippen LogP contribution in [0.1, 0.15) is 44.5 Å². The molecule has 2 N–H and O–H groups in total. The molecule has 0 fully saturated rings. The summed E-state index contributed by atoms with van der Waals surface area (Å²) in [7, 11) is -3.90. The van der Waals surface area contributed by atoms with Crippen molar-refractivity contribution in [2.75, 3.05) is 0 Å². The molecule has 0 saturated heterocycles. The highest BCUT2D eigenvalue weighted by molar-refractivity contribution is 7.89. The van der Waals surface area contributed by atoms with Gasteiger partial charge in [0, 0.05) is 6.54 Å².